The summed E-state index contributed by atoms with van der Waals surface area (Å²) < 4.78 is 17.2. The van der Waals surface area contributed by atoms with Gasteiger partial charge in [0.15, 0.2) is 11.5 Å². The predicted molar refractivity (Wildman–Crippen MR) is 112 cm³/mol. The summed E-state index contributed by atoms with van der Waals surface area (Å²) in [6.07, 6.45) is 4.63. The number of methoxy groups -OCH3 is 1. The first kappa shape index (κ1) is 22.4. The largest absolute Gasteiger partial charge is 0.493 e. The van der Waals surface area contributed by atoms with Crippen LogP contribution in [0.25, 0.3) is 0 Å². The molecule has 1 unspecified atom stereocenters. The second-order valence-corrected chi connectivity index (χ2v) is 9.40. The van der Waals surface area contributed by atoms with Crippen LogP contribution >= 0.6 is 0 Å². The predicted octanol–water partition coefficient (Wildman–Crippen LogP) is 5.59. The number of hydrogen-bond donors (Lipinski definition) is 1. The highest BCUT2D eigenvalue weighted by Gasteiger charge is 2.30. The second-order valence-electron chi connectivity index (χ2n) is 9.40. The lowest BCUT2D eigenvalue weighted by atomic mass is 9.90. The third-order valence-electron chi connectivity index (χ3n) is 5.48. The highest BCUT2D eigenvalue weighted by atomic mass is 16.6. The van der Waals surface area contributed by atoms with Gasteiger partial charge in [-0.05, 0) is 63.6 Å². The topological polar surface area (TPSA) is 56.8 Å². The van der Waals surface area contributed by atoms with Crippen molar-refractivity contribution in [2.24, 2.45) is 5.41 Å². The van der Waals surface area contributed by atoms with Crippen LogP contribution in [0.1, 0.15) is 77.3 Å². The minimum absolute atomic E-state index is 0.128. The Morgan fingerprint density at radius 3 is 2.46 bits per heavy atom. The summed E-state index contributed by atoms with van der Waals surface area (Å²) in [5.41, 5.74) is 1.95. The third-order valence-corrected chi connectivity index (χ3v) is 5.48. The normalized spacial score (nSPS) is 17.1. The molecule has 0 saturated heterocycles. The van der Waals surface area contributed by atoms with Gasteiger partial charge in [-0.3, -0.25) is 0 Å². The van der Waals surface area contributed by atoms with Gasteiger partial charge in [-0.25, -0.2) is 4.79 Å². The van der Waals surface area contributed by atoms with Crippen molar-refractivity contribution in [1.29, 1.82) is 0 Å². The molecule has 1 fully saturated rings. The van der Waals surface area contributed by atoms with Gasteiger partial charge >= 0.3 is 6.09 Å². The Balaban J connectivity index is 2.04. The molecule has 1 amide bonds. The van der Waals surface area contributed by atoms with Gasteiger partial charge in [0.2, 0.25) is 0 Å². The Bertz CT molecular complexity index is 672. The van der Waals surface area contributed by atoms with Gasteiger partial charge in [0.1, 0.15) is 5.60 Å². The molecule has 158 valence electrons. The molecule has 0 spiro atoms. The zero-order valence-electron chi connectivity index (χ0n) is 18.6. The van der Waals surface area contributed by atoms with Crippen molar-refractivity contribution in [2.75, 3.05) is 20.3 Å². The lowest BCUT2D eigenvalue weighted by Crippen LogP contribution is -2.34. The number of hydrogen-bond acceptors (Lipinski definition) is 4. The molecule has 0 aliphatic heterocycles. The zero-order valence-corrected chi connectivity index (χ0v) is 18.6. The maximum atomic E-state index is 11.9. The quantitative estimate of drug-likeness (QED) is 0.658. The van der Waals surface area contributed by atoms with Crippen molar-refractivity contribution in [3.05, 3.63) is 23.3 Å². The van der Waals surface area contributed by atoms with Crippen LogP contribution in [-0.2, 0) is 4.74 Å². The number of ether oxygens (including phenoxy) is 3. The maximum Gasteiger partial charge on any atom is 0.407 e. The average molecular weight is 392 g/mol. The maximum absolute atomic E-state index is 11.9. The lowest BCUT2D eigenvalue weighted by molar-refractivity contribution is 0.0525. The van der Waals surface area contributed by atoms with E-state index in [4.69, 9.17) is 14.2 Å². The van der Waals surface area contributed by atoms with Crippen LogP contribution < -0.4 is 14.8 Å². The van der Waals surface area contributed by atoms with E-state index in [1.54, 1.807) is 7.11 Å². The highest BCUT2D eigenvalue weighted by molar-refractivity contribution is 5.67. The van der Waals surface area contributed by atoms with Crippen LogP contribution in [0.4, 0.5) is 4.79 Å². The molecule has 5 nitrogen and oxygen atoms in total. The van der Waals surface area contributed by atoms with Gasteiger partial charge in [-0.2, -0.15) is 0 Å². The van der Waals surface area contributed by atoms with E-state index in [1.165, 1.54) is 25.7 Å². The number of benzene rings is 1. The van der Waals surface area contributed by atoms with Crippen molar-refractivity contribution in [3.8, 4) is 11.5 Å². The monoisotopic (exact) mass is 391 g/mol. The Kier molecular flexibility index (Phi) is 7.24. The number of rotatable bonds is 7. The minimum Gasteiger partial charge on any atom is -0.493 e. The molecule has 0 aromatic heterocycles. The average Bonchev–Trinajstić information content (AvgIpc) is 3.03. The number of carbonyl (C=O) groups is 1. The first-order chi connectivity index (χ1) is 13.0. The van der Waals surface area contributed by atoms with Crippen molar-refractivity contribution in [3.63, 3.8) is 0 Å². The van der Waals surface area contributed by atoms with Crippen molar-refractivity contribution >= 4 is 6.09 Å². The molecule has 28 heavy (non-hydrogen) atoms. The second kappa shape index (κ2) is 9.06. The van der Waals surface area contributed by atoms with Crippen molar-refractivity contribution < 1.29 is 19.0 Å². The van der Waals surface area contributed by atoms with Crippen LogP contribution in [0, 0.1) is 12.3 Å². The van der Waals surface area contributed by atoms with Crippen LogP contribution in [0.2, 0.25) is 0 Å². The smallest absolute Gasteiger partial charge is 0.407 e. The molecular weight excluding hydrogens is 354 g/mol. The van der Waals surface area contributed by atoms with E-state index in [0.29, 0.717) is 6.54 Å². The fourth-order valence-electron chi connectivity index (χ4n) is 3.87. The molecule has 1 atom stereocenters. The molecule has 2 rings (SSSR count). The summed E-state index contributed by atoms with van der Waals surface area (Å²) >= 11 is 0. The van der Waals surface area contributed by atoms with E-state index < -0.39 is 11.7 Å². The summed E-state index contributed by atoms with van der Waals surface area (Å²) in [6, 6.07) is 4.06. The molecule has 1 N–H and O–H groups in total. The first-order valence-corrected chi connectivity index (χ1v) is 10.3. The van der Waals surface area contributed by atoms with E-state index in [1.807, 2.05) is 33.8 Å². The summed E-state index contributed by atoms with van der Waals surface area (Å²) in [6.45, 7) is 13.2. The molecule has 0 radical (unpaired) electrons. The number of carbonyl (C=O) groups excluding carboxylic acids is 1. The lowest BCUT2D eigenvalue weighted by Gasteiger charge is -2.25. The van der Waals surface area contributed by atoms with Gasteiger partial charge < -0.3 is 19.5 Å². The Morgan fingerprint density at radius 2 is 1.89 bits per heavy atom. The van der Waals surface area contributed by atoms with Crippen LogP contribution in [0.15, 0.2) is 12.1 Å². The zero-order chi connectivity index (χ0) is 20.9. The van der Waals surface area contributed by atoms with Gasteiger partial charge in [-0.1, -0.05) is 32.8 Å². The molecular formula is C23H37NO4. The Labute approximate surface area is 170 Å². The van der Waals surface area contributed by atoms with Gasteiger partial charge in [0.05, 0.1) is 13.7 Å². The summed E-state index contributed by atoms with van der Waals surface area (Å²) in [5.74, 6) is 1.70. The minimum atomic E-state index is -0.499. The van der Waals surface area contributed by atoms with Gasteiger partial charge in [0, 0.05) is 12.0 Å². The summed E-state index contributed by atoms with van der Waals surface area (Å²) in [5, 5.41) is 2.85. The molecule has 0 heterocycles. The molecule has 1 aromatic carbocycles. The van der Waals surface area contributed by atoms with Gasteiger partial charge in [0.25, 0.3) is 0 Å². The fraction of sp³-hybridized carbons (Fsp3) is 0.696. The number of alkyl carbamates (subject to hydrolysis) is 1. The molecule has 1 saturated carbocycles. The van der Waals surface area contributed by atoms with E-state index in [0.717, 1.165) is 29.2 Å². The molecule has 1 aliphatic carbocycles. The summed E-state index contributed by atoms with van der Waals surface area (Å²) in [4.78, 5) is 11.9. The van der Waals surface area contributed by atoms with E-state index >= 15 is 0 Å². The number of amides is 1. The highest BCUT2D eigenvalue weighted by Crippen LogP contribution is 2.40. The van der Waals surface area contributed by atoms with Crippen molar-refractivity contribution in [1.82, 2.24) is 5.32 Å². The molecule has 5 heteroatoms. The standard InChI is InChI=1S/C23H37NO4/c1-16(14-24-21(25)28-22(3,4)5)18-10-11-19(20(26-7)17(18)2)27-15-23(6)12-8-9-13-23/h10-11,16H,8-9,12-15H2,1-7H3,(H,24,25). The van der Waals surface area contributed by atoms with E-state index in [9.17, 15) is 4.79 Å². The summed E-state index contributed by atoms with van der Waals surface area (Å²) in [7, 11) is 1.68. The Morgan fingerprint density at radius 1 is 1.25 bits per heavy atom. The van der Waals surface area contributed by atoms with Crippen LogP contribution in [-0.4, -0.2) is 32.0 Å². The number of nitrogens with one attached hydrogen (secondary N) is 1. The van der Waals surface area contributed by atoms with Crippen molar-refractivity contribution in [2.45, 2.75) is 78.7 Å². The molecule has 1 aliphatic rings. The van der Waals surface area contributed by atoms with E-state index in [-0.39, 0.29) is 11.3 Å². The Hall–Kier alpha value is -1.91. The molecule has 1 aromatic rings. The van der Waals surface area contributed by atoms with E-state index in [2.05, 4.69) is 25.2 Å². The SMILES string of the molecule is COc1c(OCC2(C)CCCC2)ccc(C(C)CNC(=O)OC(C)(C)C)c1C. The molecule has 0 bridgehead atoms. The van der Waals surface area contributed by atoms with Crippen LogP contribution in [0.5, 0.6) is 11.5 Å². The first-order valence-electron chi connectivity index (χ1n) is 10.3. The van der Waals surface area contributed by atoms with Gasteiger partial charge in [-0.15, -0.1) is 0 Å². The van der Waals surface area contributed by atoms with Crippen LogP contribution in [0.3, 0.4) is 0 Å². The fourth-order valence-corrected chi connectivity index (χ4v) is 3.87. The third kappa shape index (κ3) is 6.05.